The molecule has 0 bridgehead atoms. The molecule has 0 fully saturated rings. The largest absolute Gasteiger partial charge is 0.504 e. The van der Waals surface area contributed by atoms with Crippen molar-refractivity contribution in [2.75, 3.05) is 0 Å². The summed E-state index contributed by atoms with van der Waals surface area (Å²) in [7, 11) is 0. The molecule has 0 aliphatic rings. The first-order chi connectivity index (χ1) is 11.0. The van der Waals surface area contributed by atoms with E-state index in [1.165, 1.54) is 12.1 Å². The van der Waals surface area contributed by atoms with Crippen LogP contribution in [-0.2, 0) is 0 Å². The quantitative estimate of drug-likeness (QED) is 0.748. The van der Waals surface area contributed by atoms with Gasteiger partial charge in [0.25, 0.3) is 0 Å². The van der Waals surface area contributed by atoms with Crippen molar-refractivity contribution in [1.82, 2.24) is 0 Å². The van der Waals surface area contributed by atoms with Gasteiger partial charge < -0.3 is 19.7 Å². The fourth-order valence-corrected chi connectivity index (χ4v) is 1.75. The number of hydrogen-bond donors (Lipinski definition) is 2. The van der Waals surface area contributed by atoms with Crippen molar-refractivity contribution in [3.8, 4) is 23.0 Å². The summed E-state index contributed by atoms with van der Waals surface area (Å²) in [5.41, 5.74) is -0.321. The maximum absolute atomic E-state index is 8.67. The molecule has 0 radical (unpaired) electrons. The van der Waals surface area contributed by atoms with Gasteiger partial charge in [-0.2, -0.15) is 0 Å². The van der Waals surface area contributed by atoms with Crippen LogP contribution in [0.2, 0.25) is 0 Å². The van der Waals surface area contributed by atoms with Crippen LogP contribution in [-0.4, -0.2) is 21.4 Å². The number of aromatic hydroxyl groups is 2. The summed E-state index contributed by atoms with van der Waals surface area (Å²) < 4.78 is 11.5. The molecule has 0 aliphatic heterocycles. The molecule has 0 aliphatic carbocycles. The number of phenols is 2. The molecule has 0 saturated heterocycles. The van der Waals surface area contributed by atoms with Crippen molar-refractivity contribution < 1.29 is 19.7 Å². The highest BCUT2D eigenvalue weighted by molar-refractivity contribution is 5.36. The minimum atomic E-state index is -0.160. The SMILES string of the molecule is CC(C)(C)Oc1ccc(OC(C)(C)C)cc1.Oc1ccccc1O. The summed E-state index contributed by atoms with van der Waals surface area (Å²) in [5.74, 6) is 1.59. The summed E-state index contributed by atoms with van der Waals surface area (Å²) >= 11 is 0. The van der Waals surface area contributed by atoms with Gasteiger partial charge in [-0.3, -0.25) is 0 Å². The van der Waals surface area contributed by atoms with Crippen molar-refractivity contribution in [2.24, 2.45) is 0 Å². The van der Waals surface area contributed by atoms with E-state index >= 15 is 0 Å². The summed E-state index contributed by atoms with van der Waals surface area (Å²) in [6.45, 7) is 12.2. The van der Waals surface area contributed by atoms with E-state index in [-0.39, 0.29) is 22.7 Å². The standard InChI is InChI=1S/C14H22O2.C6H6O2/c1-13(2,3)15-11-7-9-12(10-8-11)16-14(4,5)6;7-5-3-1-2-4-6(5)8/h7-10H,1-6H3;1-4,7-8H. The van der Waals surface area contributed by atoms with Crippen molar-refractivity contribution in [3.05, 3.63) is 48.5 Å². The monoisotopic (exact) mass is 332 g/mol. The lowest BCUT2D eigenvalue weighted by molar-refractivity contribution is 0.125. The van der Waals surface area contributed by atoms with Crippen molar-refractivity contribution >= 4 is 0 Å². The van der Waals surface area contributed by atoms with Crippen molar-refractivity contribution in [3.63, 3.8) is 0 Å². The number of phenolic OH excluding ortho intramolecular Hbond substituents is 2. The fraction of sp³-hybridized carbons (Fsp3) is 0.400. The van der Waals surface area contributed by atoms with Crippen LogP contribution in [0.15, 0.2) is 48.5 Å². The first-order valence-electron chi connectivity index (χ1n) is 7.91. The smallest absolute Gasteiger partial charge is 0.157 e. The molecular weight excluding hydrogens is 304 g/mol. The zero-order chi connectivity index (χ0) is 18.4. The summed E-state index contributed by atoms with van der Waals surface area (Å²) in [4.78, 5) is 0. The topological polar surface area (TPSA) is 58.9 Å². The molecule has 0 heterocycles. The second-order valence-electron chi connectivity index (χ2n) is 7.39. The lowest BCUT2D eigenvalue weighted by Gasteiger charge is -2.23. The number of hydrogen-bond acceptors (Lipinski definition) is 4. The van der Waals surface area contributed by atoms with Gasteiger partial charge in [0.2, 0.25) is 0 Å². The van der Waals surface area contributed by atoms with Gasteiger partial charge in [-0.25, -0.2) is 0 Å². The third-order valence-electron chi connectivity index (χ3n) is 2.55. The zero-order valence-corrected chi connectivity index (χ0v) is 15.3. The van der Waals surface area contributed by atoms with Crippen LogP contribution in [0.25, 0.3) is 0 Å². The van der Waals surface area contributed by atoms with E-state index in [1.807, 2.05) is 65.8 Å². The van der Waals surface area contributed by atoms with E-state index in [0.717, 1.165) is 11.5 Å². The molecule has 4 nitrogen and oxygen atoms in total. The zero-order valence-electron chi connectivity index (χ0n) is 15.3. The lowest BCUT2D eigenvalue weighted by atomic mass is 10.2. The van der Waals surface area contributed by atoms with Gasteiger partial charge in [0.15, 0.2) is 11.5 Å². The number of benzene rings is 2. The average molecular weight is 332 g/mol. The molecule has 0 spiro atoms. The van der Waals surface area contributed by atoms with Crippen LogP contribution in [0.3, 0.4) is 0 Å². The van der Waals surface area contributed by atoms with Gasteiger partial charge in [-0.05, 0) is 77.9 Å². The highest BCUT2D eigenvalue weighted by Gasteiger charge is 2.13. The molecule has 4 heteroatoms. The molecule has 2 N–H and O–H groups in total. The summed E-state index contributed by atoms with van der Waals surface area (Å²) in [6.07, 6.45) is 0. The first-order valence-corrected chi connectivity index (χ1v) is 7.91. The van der Waals surface area contributed by atoms with Gasteiger partial charge in [0.05, 0.1) is 0 Å². The normalized spacial score (nSPS) is 11.2. The molecule has 2 aromatic carbocycles. The lowest BCUT2D eigenvalue weighted by Crippen LogP contribution is -2.23. The molecule has 132 valence electrons. The van der Waals surface area contributed by atoms with E-state index in [4.69, 9.17) is 19.7 Å². The molecule has 0 atom stereocenters. The summed E-state index contributed by atoms with van der Waals surface area (Å²) in [5, 5.41) is 17.3. The molecular formula is C20H28O4. The fourth-order valence-electron chi connectivity index (χ4n) is 1.75. The Labute approximate surface area is 144 Å². The minimum absolute atomic E-state index is 0.0764. The highest BCUT2D eigenvalue weighted by atomic mass is 16.5. The van der Waals surface area contributed by atoms with Crippen LogP contribution < -0.4 is 9.47 Å². The van der Waals surface area contributed by atoms with Gasteiger partial charge >= 0.3 is 0 Å². The third-order valence-corrected chi connectivity index (χ3v) is 2.55. The predicted molar refractivity (Wildman–Crippen MR) is 97.0 cm³/mol. The van der Waals surface area contributed by atoms with Crippen LogP contribution in [0.1, 0.15) is 41.5 Å². The maximum atomic E-state index is 8.67. The van der Waals surface area contributed by atoms with Gasteiger partial charge in [-0.1, -0.05) is 12.1 Å². The molecule has 2 rings (SSSR count). The van der Waals surface area contributed by atoms with Gasteiger partial charge in [0, 0.05) is 0 Å². The van der Waals surface area contributed by atoms with Crippen molar-refractivity contribution in [1.29, 1.82) is 0 Å². The molecule has 0 amide bonds. The maximum Gasteiger partial charge on any atom is 0.157 e. The van der Waals surface area contributed by atoms with Crippen molar-refractivity contribution in [2.45, 2.75) is 52.7 Å². The van der Waals surface area contributed by atoms with Gasteiger partial charge in [0.1, 0.15) is 22.7 Å². The molecule has 0 saturated carbocycles. The van der Waals surface area contributed by atoms with E-state index in [9.17, 15) is 0 Å². The van der Waals surface area contributed by atoms with Crippen LogP contribution in [0, 0.1) is 0 Å². The van der Waals surface area contributed by atoms with Crippen LogP contribution >= 0.6 is 0 Å². The van der Waals surface area contributed by atoms with Gasteiger partial charge in [-0.15, -0.1) is 0 Å². The Bertz CT molecular complexity index is 563. The highest BCUT2D eigenvalue weighted by Crippen LogP contribution is 2.24. The van der Waals surface area contributed by atoms with Crippen LogP contribution in [0.5, 0.6) is 23.0 Å². The minimum Gasteiger partial charge on any atom is -0.504 e. The van der Waals surface area contributed by atoms with E-state index in [1.54, 1.807) is 12.1 Å². The second-order valence-corrected chi connectivity index (χ2v) is 7.39. The average Bonchev–Trinajstić information content (AvgIpc) is 2.42. The Hall–Kier alpha value is -2.36. The Morgan fingerprint density at radius 1 is 0.583 bits per heavy atom. The Kier molecular flexibility index (Phi) is 6.52. The molecule has 0 aromatic heterocycles. The summed E-state index contributed by atoms with van der Waals surface area (Å²) in [6, 6.07) is 13.9. The second kappa shape index (κ2) is 7.95. The van der Waals surface area contributed by atoms with Crippen LogP contribution in [0.4, 0.5) is 0 Å². The Balaban J connectivity index is 0.000000300. The third kappa shape index (κ3) is 8.32. The number of rotatable bonds is 2. The Morgan fingerprint density at radius 2 is 0.875 bits per heavy atom. The first kappa shape index (κ1) is 19.7. The molecule has 0 unspecified atom stereocenters. The molecule has 24 heavy (non-hydrogen) atoms. The van der Waals surface area contributed by atoms with E-state index in [2.05, 4.69) is 0 Å². The van der Waals surface area contributed by atoms with E-state index in [0.29, 0.717) is 0 Å². The Morgan fingerprint density at radius 3 is 1.08 bits per heavy atom. The predicted octanol–water partition coefficient (Wildman–Crippen LogP) is 5.14. The number of ether oxygens (including phenoxy) is 2. The van der Waals surface area contributed by atoms with E-state index < -0.39 is 0 Å². The number of para-hydroxylation sites is 2. The molecule has 2 aromatic rings.